The monoisotopic (exact) mass is 442 g/mol. The number of nitrogens with zero attached hydrogens (tertiary/aromatic N) is 1. The highest BCUT2D eigenvalue weighted by Gasteiger charge is 2.52. The molecule has 2 saturated heterocycles. The molecule has 0 saturated carbocycles. The summed E-state index contributed by atoms with van der Waals surface area (Å²) in [5, 5.41) is 0. The number of rotatable bonds is 6. The molecule has 32 heavy (non-hydrogen) atoms. The van der Waals surface area contributed by atoms with Crippen LogP contribution in [0.1, 0.15) is 27.7 Å². The van der Waals surface area contributed by atoms with E-state index in [-0.39, 0.29) is 6.10 Å². The molecule has 2 fully saturated rings. The third kappa shape index (κ3) is 4.57. The Hall–Kier alpha value is -2.33. The molecule has 4 rings (SSSR count). The first-order valence-corrected chi connectivity index (χ1v) is 10.8. The van der Waals surface area contributed by atoms with Gasteiger partial charge in [-0.2, -0.15) is 0 Å². The van der Waals surface area contributed by atoms with E-state index in [1.807, 2.05) is 52.0 Å². The van der Waals surface area contributed by atoms with Crippen LogP contribution in [0.3, 0.4) is 0 Å². The first kappa shape index (κ1) is 22.9. The Bertz CT molecular complexity index is 945. The number of nitrogen functional groups attached to an aromatic ring is 1. The fourth-order valence-corrected chi connectivity index (χ4v) is 3.59. The molecule has 0 spiro atoms. The van der Waals surface area contributed by atoms with Gasteiger partial charge in [-0.1, -0.05) is 6.07 Å². The fraction of sp³-hybridized carbons (Fsp3) is 0.522. The Kier molecular flexibility index (Phi) is 6.36. The summed E-state index contributed by atoms with van der Waals surface area (Å²) in [6.07, 6.45) is 1.64. The van der Waals surface area contributed by atoms with Gasteiger partial charge in [0.05, 0.1) is 38.1 Å². The zero-order valence-electron chi connectivity index (χ0n) is 19.3. The number of hydrogen-bond acceptors (Lipinski definition) is 8. The van der Waals surface area contributed by atoms with Crippen molar-refractivity contribution in [3.63, 3.8) is 0 Å². The maximum Gasteiger partial charge on any atom is 0.498 e. The van der Waals surface area contributed by atoms with Gasteiger partial charge in [0.2, 0.25) is 0 Å². The van der Waals surface area contributed by atoms with E-state index >= 15 is 0 Å². The van der Waals surface area contributed by atoms with Crippen LogP contribution in [-0.2, 0) is 18.8 Å². The average Bonchev–Trinajstić information content (AvgIpc) is 3.00. The maximum absolute atomic E-state index is 6.18. The highest BCUT2D eigenvalue weighted by molar-refractivity contribution is 6.63. The van der Waals surface area contributed by atoms with Gasteiger partial charge in [0, 0.05) is 11.7 Å². The van der Waals surface area contributed by atoms with Crippen LogP contribution in [0, 0.1) is 0 Å². The van der Waals surface area contributed by atoms with Gasteiger partial charge in [-0.3, -0.25) is 0 Å². The summed E-state index contributed by atoms with van der Waals surface area (Å²) in [6, 6.07) is 7.70. The van der Waals surface area contributed by atoms with Crippen LogP contribution in [0.5, 0.6) is 11.5 Å². The van der Waals surface area contributed by atoms with Crippen molar-refractivity contribution in [1.29, 1.82) is 0 Å². The summed E-state index contributed by atoms with van der Waals surface area (Å²) < 4.78 is 34.9. The quantitative estimate of drug-likeness (QED) is 0.682. The SMILES string of the molecule is COc1cc(-c2cnc(N)c(B3OC(C)(C)C(C)(C)O3)c2)ccc1OCC1COCCO1. The van der Waals surface area contributed by atoms with Gasteiger partial charge < -0.3 is 34.0 Å². The van der Waals surface area contributed by atoms with Crippen LogP contribution in [-0.4, -0.2) is 62.9 Å². The molecule has 1 aromatic carbocycles. The molecule has 1 aromatic heterocycles. The summed E-state index contributed by atoms with van der Waals surface area (Å²) in [4.78, 5) is 4.39. The Morgan fingerprint density at radius 1 is 1.06 bits per heavy atom. The third-order valence-electron chi connectivity index (χ3n) is 6.26. The second kappa shape index (κ2) is 8.90. The van der Waals surface area contributed by atoms with Gasteiger partial charge in [0.15, 0.2) is 11.5 Å². The van der Waals surface area contributed by atoms with Gasteiger partial charge in [0.25, 0.3) is 0 Å². The maximum atomic E-state index is 6.18. The molecule has 172 valence electrons. The molecule has 1 atom stereocenters. The molecule has 2 N–H and O–H groups in total. The second-order valence-corrected chi connectivity index (χ2v) is 9.03. The molecule has 0 radical (unpaired) electrons. The standard InChI is InChI=1S/C23H31BN2O6/c1-22(2)23(3,4)32-24(31-22)18-10-16(12-26-21(18)25)15-6-7-19(20(11-15)27-5)30-14-17-13-28-8-9-29-17/h6-7,10-12,17H,8-9,13-14H2,1-5H3,(H2,25,26). The van der Waals surface area contributed by atoms with Crippen molar-refractivity contribution in [3.05, 3.63) is 30.5 Å². The topological polar surface area (TPSA) is 94.3 Å². The third-order valence-corrected chi connectivity index (χ3v) is 6.26. The van der Waals surface area contributed by atoms with E-state index in [9.17, 15) is 0 Å². The lowest BCUT2D eigenvalue weighted by molar-refractivity contribution is -0.101. The summed E-state index contributed by atoms with van der Waals surface area (Å²) in [5.74, 6) is 1.64. The van der Waals surface area contributed by atoms with Crippen LogP contribution in [0.2, 0.25) is 0 Å². The van der Waals surface area contributed by atoms with E-state index in [4.69, 9.17) is 34.0 Å². The molecule has 0 aliphatic carbocycles. The van der Waals surface area contributed by atoms with E-state index in [1.165, 1.54) is 0 Å². The zero-order chi connectivity index (χ0) is 22.9. The van der Waals surface area contributed by atoms with Crippen molar-refractivity contribution < 1.29 is 28.3 Å². The van der Waals surface area contributed by atoms with Gasteiger partial charge in [-0.15, -0.1) is 0 Å². The number of benzene rings is 1. The minimum absolute atomic E-state index is 0.0862. The lowest BCUT2D eigenvalue weighted by Gasteiger charge is -2.32. The van der Waals surface area contributed by atoms with Crippen molar-refractivity contribution in [1.82, 2.24) is 4.98 Å². The molecule has 0 amide bonds. The first-order valence-electron chi connectivity index (χ1n) is 10.8. The van der Waals surface area contributed by atoms with E-state index in [1.54, 1.807) is 13.3 Å². The Labute approximate surface area is 189 Å². The molecule has 3 heterocycles. The Morgan fingerprint density at radius 2 is 1.81 bits per heavy atom. The van der Waals surface area contributed by atoms with Gasteiger partial charge in [-0.05, 0) is 57.0 Å². The van der Waals surface area contributed by atoms with Crippen molar-refractivity contribution >= 4 is 18.4 Å². The number of pyridine rings is 1. The molecule has 8 nitrogen and oxygen atoms in total. The van der Waals surface area contributed by atoms with Crippen LogP contribution in [0.15, 0.2) is 30.5 Å². The highest BCUT2D eigenvalue weighted by atomic mass is 16.7. The molecule has 2 aliphatic rings. The number of hydrogen-bond donors (Lipinski definition) is 1. The zero-order valence-corrected chi connectivity index (χ0v) is 19.3. The normalized spacial score (nSPS) is 22.0. The number of anilines is 1. The molecule has 2 aliphatic heterocycles. The van der Waals surface area contributed by atoms with Crippen LogP contribution in [0.4, 0.5) is 5.82 Å². The molecule has 2 aromatic rings. The van der Waals surface area contributed by atoms with Crippen LogP contribution < -0.4 is 20.7 Å². The molecule has 0 bridgehead atoms. The Morgan fingerprint density at radius 3 is 2.47 bits per heavy atom. The lowest BCUT2D eigenvalue weighted by Crippen LogP contribution is -2.41. The van der Waals surface area contributed by atoms with E-state index in [0.29, 0.717) is 49.2 Å². The summed E-state index contributed by atoms with van der Waals surface area (Å²) in [6.45, 7) is 10.2. The van der Waals surface area contributed by atoms with E-state index in [0.717, 1.165) is 11.1 Å². The number of methoxy groups -OCH3 is 1. The smallest absolute Gasteiger partial charge is 0.493 e. The minimum Gasteiger partial charge on any atom is -0.493 e. The van der Waals surface area contributed by atoms with Crippen LogP contribution in [0.25, 0.3) is 11.1 Å². The predicted molar refractivity (Wildman–Crippen MR) is 122 cm³/mol. The number of aromatic nitrogens is 1. The summed E-state index contributed by atoms with van der Waals surface area (Å²) >= 11 is 0. The molecule has 9 heteroatoms. The predicted octanol–water partition coefficient (Wildman–Crippen LogP) is 2.43. The molecule has 1 unspecified atom stereocenters. The number of ether oxygens (including phenoxy) is 4. The van der Waals surface area contributed by atoms with Crippen LogP contribution >= 0.6 is 0 Å². The van der Waals surface area contributed by atoms with Gasteiger partial charge >= 0.3 is 7.12 Å². The van der Waals surface area contributed by atoms with Crippen molar-refractivity contribution in [3.8, 4) is 22.6 Å². The first-order chi connectivity index (χ1) is 15.2. The van der Waals surface area contributed by atoms with Crippen molar-refractivity contribution in [2.24, 2.45) is 0 Å². The minimum atomic E-state index is -0.588. The fourth-order valence-electron chi connectivity index (χ4n) is 3.59. The highest BCUT2D eigenvalue weighted by Crippen LogP contribution is 2.37. The Balaban J connectivity index is 1.55. The second-order valence-electron chi connectivity index (χ2n) is 9.03. The summed E-state index contributed by atoms with van der Waals surface area (Å²) in [7, 11) is 1.03. The van der Waals surface area contributed by atoms with Gasteiger partial charge in [0.1, 0.15) is 18.5 Å². The van der Waals surface area contributed by atoms with Crippen molar-refractivity contribution in [2.75, 3.05) is 39.3 Å². The summed E-state index contributed by atoms with van der Waals surface area (Å²) in [5.41, 5.74) is 7.74. The van der Waals surface area contributed by atoms with E-state index < -0.39 is 18.3 Å². The lowest BCUT2D eigenvalue weighted by atomic mass is 9.78. The average molecular weight is 442 g/mol. The molecular formula is C23H31BN2O6. The van der Waals surface area contributed by atoms with Crippen molar-refractivity contribution in [2.45, 2.75) is 45.0 Å². The number of nitrogens with two attached hydrogens (primary N) is 1. The van der Waals surface area contributed by atoms with Gasteiger partial charge in [-0.25, -0.2) is 4.98 Å². The van der Waals surface area contributed by atoms with E-state index in [2.05, 4.69) is 4.98 Å². The molecular weight excluding hydrogens is 411 g/mol. The largest absolute Gasteiger partial charge is 0.498 e.